The molecule has 2 aliphatic heterocycles. The standard InChI is InChI=1S/C18H35N5O4S.HI/c1-2-20-18(23-9-5-6-15(14-23)12-17(19)24)21-8-11-28(25,26)22-13-16-7-3-4-10-27-16;/h15-16,22H,2-14H2,1H3,(H2,19,24)(H,20,21);1H. The fourth-order valence-electron chi connectivity index (χ4n) is 3.67. The van der Waals surface area contributed by atoms with Gasteiger partial charge in [-0.3, -0.25) is 9.79 Å². The van der Waals surface area contributed by atoms with Crippen LogP contribution in [0, 0.1) is 5.92 Å². The highest BCUT2D eigenvalue weighted by Gasteiger charge is 2.24. The van der Waals surface area contributed by atoms with E-state index in [0.717, 1.165) is 38.6 Å². The minimum absolute atomic E-state index is 0. The van der Waals surface area contributed by atoms with Crippen molar-refractivity contribution in [3.8, 4) is 0 Å². The SMILES string of the molecule is CCNC(=NCCS(=O)(=O)NCC1CCCCO1)N1CCCC(CC(N)=O)C1.I. The summed E-state index contributed by atoms with van der Waals surface area (Å²) in [5.74, 6) is 0.569. The fraction of sp³-hybridized carbons (Fsp3) is 0.889. The van der Waals surface area contributed by atoms with Crippen LogP contribution < -0.4 is 15.8 Å². The van der Waals surface area contributed by atoms with Gasteiger partial charge in [-0.25, -0.2) is 13.1 Å². The molecular weight excluding hydrogens is 509 g/mol. The molecule has 2 atom stereocenters. The van der Waals surface area contributed by atoms with Crippen molar-refractivity contribution in [2.45, 2.75) is 51.6 Å². The molecule has 0 aromatic rings. The van der Waals surface area contributed by atoms with E-state index in [1.54, 1.807) is 0 Å². The molecule has 2 saturated heterocycles. The molecule has 2 fully saturated rings. The molecule has 0 saturated carbocycles. The van der Waals surface area contributed by atoms with Gasteiger partial charge < -0.3 is 20.7 Å². The van der Waals surface area contributed by atoms with Crippen LogP contribution in [0.25, 0.3) is 0 Å². The van der Waals surface area contributed by atoms with Crippen LogP contribution >= 0.6 is 24.0 Å². The van der Waals surface area contributed by atoms with Gasteiger partial charge in [-0.1, -0.05) is 0 Å². The Bertz CT molecular complexity index is 626. The second-order valence-corrected chi connectivity index (χ2v) is 9.44. The summed E-state index contributed by atoms with van der Waals surface area (Å²) in [5, 5.41) is 3.22. The highest BCUT2D eigenvalue weighted by atomic mass is 127. The average Bonchev–Trinajstić information content (AvgIpc) is 2.66. The van der Waals surface area contributed by atoms with Crippen LogP contribution in [0.2, 0.25) is 0 Å². The van der Waals surface area contributed by atoms with Crippen molar-refractivity contribution in [3.05, 3.63) is 0 Å². The predicted octanol–water partition coefficient (Wildman–Crippen LogP) is 0.646. The molecule has 2 heterocycles. The maximum absolute atomic E-state index is 12.2. The van der Waals surface area contributed by atoms with Gasteiger partial charge in [-0.2, -0.15) is 0 Å². The van der Waals surface area contributed by atoms with Crippen LogP contribution in [-0.2, 0) is 19.6 Å². The lowest BCUT2D eigenvalue weighted by molar-refractivity contribution is -0.119. The number of nitrogens with one attached hydrogen (secondary N) is 2. The quantitative estimate of drug-likeness (QED) is 0.222. The molecule has 0 aromatic carbocycles. The largest absolute Gasteiger partial charge is 0.377 e. The Hall–Kier alpha value is -0.660. The van der Waals surface area contributed by atoms with Gasteiger partial charge in [0.1, 0.15) is 0 Å². The minimum Gasteiger partial charge on any atom is -0.377 e. The van der Waals surface area contributed by atoms with Crippen LogP contribution in [0.4, 0.5) is 0 Å². The van der Waals surface area contributed by atoms with Crippen molar-refractivity contribution in [1.82, 2.24) is 14.9 Å². The van der Waals surface area contributed by atoms with Crippen LogP contribution in [0.1, 0.15) is 45.4 Å². The number of hydrogen-bond donors (Lipinski definition) is 3. The highest BCUT2D eigenvalue weighted by Crippen LogP contribution is 2.19. The summed E-state index contributed by atoms with van der Waals surface area (Å²) < 4.78 is 32.7. The molecule has 0 aliphatic carbocycles. The van der Waals surface area contributed by atoms with Crippen molar-refractivity contribution in [2.75, 3.05) is 45.1 Å². The van der Waals surface area contributed by atoms with E-state index in [1.165, 1.54) is 0 Å². The zero-order chi connectivity index (χ0) is 20.4. The second kappa shape index (κ2) is 13.6. The number of carbonyl (C=O) groups excluding carboxylic acids is 1. The first-order valence-electron chi connectivity index (χ1n) is 10.3. The number of rotatable bonds is 9. The van der Waals surface area contributed by atoms with Gasteiger partial charge in [0.05, 0.1) is 18.4 Å². The van der Waals surface area contributed by atoms with E-state index in [-0.39, 0.29) is 54.2 Å². The maximum Gasteiger partial charge on any atom is 0.217 e. The number of primary amides is 1. The van der Waals surface area contributed by atoms with Gasteiger partial charge in [-0.05, 0) is 44.9 Å². The van der Waals surface area contributed by atoms with Gasteiger partial charge in [0.25, 0.3) is 0 Å². The van der Waals surface area contributed by atoms with E-state index >= 15 is 0 Å². The number of nitrogens with two attached hydrogens (primary N) is 1. The number of amides is 1. The lowest BCUT2D eigenvalue weighted by Gasteiger charge is -2.34. The summed E-state index contributed by atoms with van der Waals surface area (Å²) >= 11 is 0. The normalized spacial score (nSPS) is 23.3. The first kappa shape index (κ1) is 26.4. The number of piperidine rings is 1. The topological polar surface area (TPSA) is 126 Å². The highest BCUT2D eigenvalue weighted by molar-refractivity contribution is 14.0. The van der Waals surface area contributed by atoms with Crippen LogP contribution in [0.15, 0.2) is 4.99 Å². The lowest BCUT2D eigenvalue weighted by atomic mass is 9.95. The summed E-state index contributed by atoms with van der Waals surface area (Å²) in [6.07, 6.45) is 5.30. The molecule has 11 heteroatoms. The number of aliphatic imine (C=N–C) groups is 1. The van der Waals surface area contributed by atoms with E-state index in [4.69, 9.17) is 10.5 Å². The molecule has 0 bridgehead atoms. The van der Waals surface area contributed by atoms with Gasteiger partial charge in [-0.15, -0.1) is 24.0 Å². The van der Waals surface area contributed by atoms with Gasteiger partial charge >= 0.3 is 0 Å². The predicted molar refractivity (Wildman–Crippen MR) is 125 cm³/mol. The Morgan fingerprint density at radius 1 is 1.28 bits per heavy atom. The summed E-state index contributed by atoms with van der Waals surface area (Å²) in [7, 11) is -3.39. The van der Waals surface area contributed by atoms with Crippen LogP contribution in [0.5, 0.6) is 0 Å². The molecule has 29 heavy (non-hydrogen) atoms. The average molecular weight is 545 g/mol. The molecule has 2 rings (SSSR count). The van der Waals surface area contributed by atoms with Crippen LogP contribution in [0.3, 0.4) is 0 Å². The minimum atomic E-state index is -3.39. The van der Waals surface area contributed by atoms with Crippen molar-refractivity contribution < 1.29 is 17.9 Å². The van der Waals surface area contributed by atoms with E-state index in [9.17, 15) is 13.2 Å². The number of likely N-dealkylation sites (tertiary alicyclic amines) is 1. The smallest absolute Gasteiger partial charge is 0.217 e. The second-order valence-electron chi connectivity index (χ2n) is 7.52. The number of guanidine groups is 1. The molecule has 170 valence electrons. The molecule has 0 aromatic heterocycles. The number of carbonyl (C=O) groups is 1. The molecule has 2 aliphatic rings. The summed E-state index contributed by atoms with van der Waals surface area (Å²) in [6.45, 7) is 5.43. The van der Waals surface area contributed by atoms with Crippen molar-refractivity contribution in [3.63, 3.8) is 0 Å². The zero-order valence-electron chi connectivity index (χ0n) is 17.3. The molecule has 0 spiro atoms. The lowest BCUT2D eigenvalue weighted by Crippen LogP contribution is -2.47. The first-order valence-corrected chi connectivity index (χ1v) is 12.0. The molecule has 1 amide bonds. The third-order valence-corrected chi connectivity index (χ3v) is 6.40. The fourth-order valence-corrected chi connectivity index (χ4v) is 4.58. The van der Waals surface area contributed by atoms with Crippen LogP contribution in [-0.4, -0.2) is 76.4 Å². The van der Waals surface area contributed by atoms with Gasteiger partial charge in [0.2, 0.25) is 15.9 Å². The number of hydrogen-bond acceptors (Lipinski definition) is 5. The Balaban J connectivity index is 0.00000420. The molecular formula is C18H36IN5O4S. The Morgan fingerprint density at radius 3 is 2.72 bits per heavy atom. The Labute approximate surface area is 191 Å². The van der Waals surface area contributed by atoms with Gasteiger partial charge in [0.15, 0.2) is 5.96 Å². The number of sulfonamides is 1. The molecule has 2 unspecified atom stereocenters. The van der Waals surface area contributed by atoms with E-state index in [1.807, 2.05) is 6.92 Å². The van der Waals surface area contributed by atoms with E-state index in [0.29, 0.717) is 38.6 Å². The van der Waals surface area contributed by atoms with E-state index < -0.39 is 10.0 Å². The molecule has 4 N–H and O–H groups in total. The van der Waals surface area contributed by atoms with Crippen molar-refractivity contribution in [1.29, 1.82) is 0 Å². The molecule has 0 radical (unpaired) electrons. The third kappa shape index (κ3) is 10.3. The number of nitrogens with zero attached hydrogens (tertiary/aromatic N) is 2. The molecule has 9 nitrogen and oxygen atoms in total. The Morgan fingerprint density at radius 2 is 2.07 bits per heavy atom. The maximum atomic E-state index is 12.2. The van der Waals surface area contributed by atoms with Gasteiger partial charge in [0, 0.05) is 39.2 Å². The zero-order valence-corrected chi connectivity index (χ0v) is 20.4. The van der Waals surface area contributed by atoms with E-state index in [2.05, 4.69) is 19.9 Å². The number of ether oxygens (including phenoxy) is 1. The van der Waals surface area contributed by atoms with Crippen molar-refractivity contribution in [2.24, 2.45) is 16.6 Å². The first-order chi connectivity index (χ1) is 13.4. The summed E-state index contributed by atoms with van der Waals surface area (Å²) in [4.78, 5) is 17.8. The Kier molecular flexibility index (Phi) is 12.4. The summed E-state index contributed by atoms with van der Waals surface area (Å²) in [5.41, 5.74) is 5.33. The monoisotopic (exact) mass is 545 g/mol. The summed E-state index contributed by atoms with van der Waals surface area (Å²) in [6, 6.07) is 0. The van der Waals surface area contributed by atoms with Crippen molar-refractivity contribution >= 4 is 45.9 Å². The third-order valence-electron chi connectivity index (χ3n) is 5.07. The number of halogens is 1.